The number of carbonyl (C=O) groups is 1. The molecule has 0 aliphatic heterocycles. The van der Waals surface area contributed by atoms with Gasteiger partial charge in [0.1, 0.15) is 13.2 Å². The Labute approximate surface area is 487 Å². The molecule has 1 amide bonds. The number of aliphatic hydroxyl groups is 1. The van der Waals surface area contributed by atoms with Gasteiger partial charge in [0.15, 0.2) is 0 Å². The zero-order chi connectivity index (χ0) is 57.0. The molecule has 0 aromatic heterocycles. The van der Waals surface area contributed by atoms with Crippen LogP contribution in [0.4, 0.5) is 0 Å². The SMILES string of the molecule is CCCCCCCCCCCCCCC/C=C\C/C=C\CCCCCCCCCCCCCCCCCCCC(=O)NC(COP(=O)(O)OCC[N+](C)(C)C)C(O)CCCCCCCCCCCCCCCCCCCCC. The molecule has 464 valence electrons. The number of phosphoric acid groups is 1. The minimum absolute atomic E-state index is 0.0771. The zero-order valence-corrected chi connectivity index (χ0v) is 54.1. The van der Waals surface area contributed by atoms with Crippen molar-refractivity contribution in [2.45, 2.75) is 373 Å². The summed E-state index contributed by atoms with van der Waals surface area (Å²) < 4.78 is 23.9. The Morgan fingerprint density at radius 3 is 1.05 bits per heavy atom. The van der Waals surface area contributed by atoms with Crippen LogP contribution in [0.25, 0.3) is 0 Å². The third kappa shape index (κ3) is 62.6. The maximum atomic E-state index is 13.1. The van der Waals surface area contributed by atoms with Crippen molar-refractivity contribution >= 4 is 13.7 Å². The smallest absolute Gasteiger partial charge is 0.391 e. The number of phosphoric ester groups is 1. The largest absolute Gasteiger partial charge is 0.472 e. The number of quaternary nitrogens is 1. The number of rotatable bonds is 65. The maximum absolute atomic E-state index is 13.1. The lowest BCUT2D eigenvalue weighted by Crippen LogP contribution is -2.46. The molecular formula is C69H138N2O6P+. The van der Waals surface area contributed by atoms with E-state index in [1.807, 2.05) is 21.1 Å². The number of carbonyl (C=O) groups excluding carboxylic acids is 1. The summed E-state index contributed by atoms with van der Waals surface area (Å²) in [5, 5.41) is 14.1. The molecule has 9 heteroatoms. The molecule has 0 aliphatic rings. The van der Waals surface area contributed by atoms with Crippen LogP contribution in [0.1, 0.15) is 361 Å². The second-order valence-electron chi connectivity index (χ2n) is 25.3. The first-order chi connectivity index (χ1) is 38.0. The minimum atomic E-state index is -4.33. The van der Waals surface area contributed by atoms with Gasteiger partial charge < -0.3 is 19.8 Å². The van der Waals surface area contributed by atoms with Gasteiger partial charge in [-0.05, 0) is 44.9 Å². The van der Waals surface area contributed by atoms with E-state index in [4.69, 9.17) is 9.05 Å². The van der Waals surface area contributed by atoms with Gasteiger partial charge in [-0.1, -0.05) is 334 Å². The van der Waals surface area contributed by atoms with Crippen LogP contribution in [0.3, 0.4) is 0 Å². The van der Waals surface area contributed by atoms with Crippen molar-refractivity contribution in [2.75, 3.05) is 40.9 Å². The number of nitrogens with one attached hydrogen (secondary N) is 1. The number of allylic oxidation sites excluding steroid dienone is 4. The Morgan fingerprint density at radius 2 is 0.731 bits per heavy atom. The van der Waals surface area contributed by atoms with Crippen molar-refractivity contribution in [3.63, 3.8) is 0 Å². The maximum Gasteiger partial charge on any atom is 0.472 e. The van der Waals surface area contributed by atoms with Gasteiger partial charge in [-0.25, -0.2) is 4.57 Å². The lowest BCUT2D eigenvalue weighted by atomic mass is 10.0. The highest BCUT2D eigenvalue weighted by Crippen LogP contribution is 2.43. The van der Waals surface area contributed by atoms with Crippen LogP contribution in [0, 0.1) is 0 Å². The topological polar surface area (TPSA) is 105 Å². The summed E-state index contributed by atoms with van der Waals surface area (Å²) in [6.45, 7) is 4.95. The fraction of sp³-hybridized carbons (Fsp3) is 0.928. The number of nitrogens with zero attached hydrogens (tertiary/aromatic N) is 1. The van der Waals surface area contributed by atoms with E-state index in [-0.39, 0.29) is 19.1 Å². The summed E-state index contributed by atoms with van der Waals surface area (Å²) in [5.74, 6) is -0.137. The summed E-state index contributed by atoms with van der Waals surface area (Å²) in [6, 6.07) is -0.759. The predicted molar refractivity (Wildman–Crippen MR) is 342 cm³/mol. The van der Waals surface area contributed by atoms with E-state index < -0.39 is 20.0 Å². The third-order valence-electron chi connectivity index (χ3n) is 16.2. The number of hydrogen-bond acceptors (Lipinski definition) is 5. The second-order valence-corrected chi connectivity index (χ2v) is 26.7. The van der Waals surface area contributed by atoms with Crippen molar-refractivity contribution in [3.8, 4) is 0 Å². The molecular weight excluding hydrogens is 984 g/mol. The van der Waals surface area contributed by atoms with E-state index in [1.165, 1.54) is 289 Å². The Morgan fingerprint density at radius 1 is 0.436 bits per heavy atom. The summed E-state index contributed by atoms with van der Waals surface area (Å²) in [4.78, 5) is 23.4. The van der Waals surface area contributed by atoms with Crippen molar-refractivity contribution in [2.24, 2.45) is 0 Å². The average Bonchev–Trinajstić information content (AvgIpc) is 3.41. The predicted octanol–water partition coefficient (Wildman–Crippen LogP) is 21.9. The highest BCUT2D eigenvalue weighted by atomic mass is 31.2. The molecule has 0 fully saturated rings. The monoisotopic (exact) mass is 1120 g/mol. The first kappa shape index (κ1) is 77.0. The quantitative estimate of drug-likeness (QED) is 0.0243. The van der Waals surface area contributed by atoms with Crippen molar-refractivity contribution in [3.05, 3.63) is 24.3 Å². The molecule has 0 aliphatic carbocycles. The number of aliphatic hydroxyl groups excluding tert-OH is 1. The molecule has 0 heterocycles. The van der Waals surface area contributed by atoms with Gasteiger partial charge in [0, 0.05) is 6.42 Å². The van der Waals surface area contributed by atoms with Crippen LogP contribution < -0.4 is 5.32 Å². The molecule has 0 radical (unpaired) electrons. The summed E-state index contributed by atoms with van der Waals surface area (Å²) >= 11 is 0. The fourth-order valence-electron chi connectivity index (χ4n) is 10.8. The second kappa shape index (κ2) is 60.6. The molecule has 8 nitrogen and oxygen atoms in total. The van der Waals surface area contributed by atoms with Gasteiger partial charge >= 0.3 is 7.82 Å². The first-order valence-corrected chi connectivity index (χ1v) is 36.2. The summed E-state index contributed by atoms with van der Waals surface area (Å²) in [5.41, 5.74) is 0. The molecule has 0 saturated heterocycles. The van der Waals surface area contributed by atoms with Gasteiger partial charge in [0.2, 0.25) is 5.91 Å². The standard InChI is InChI=1S/C69H137N2O6P/c1-6-8-10-12-14-16-18-20-22-24-26-27-28-29-30-31-32-33-34-35-36-37-38-39-40-41-42-43-45-47-49-51-53-55-57-59-61-63-69(73)70-67(66-77-78(74,75)76-65-64-71(3,4)5)68(72)62-60-58-56-54-52-50-48-46-44-25-23-21-19-17-15-13-11-9-7-2/h30-31,33-34,67-68,72H,6-29,32,35-66H2,1-5H3,(H-,70,73,74,75)/p+1/b31-30-,34-33-. The number of unbranched alkanes of at least 4 members (excludes halogenated alkanes) is 48. The van der Waals surface area contributed by atoms with Gasteiger partial charge in [-0.2, -0.15) is 0 Å². The van der Waals surface area contributed by atoms with E-state index in [0.29, 0.717) is 23.9 Å². The number of likely N-dealkylation sites (N-methyl/N-ethyl adjacent to an activating group) is 1. The van der Waals surface area contributed by atoms with Gasteiger partial charge in [-0.3, -0.25) is 13.8 Å². The molecule has 0 bridgehead atoms. The molecule has 0 spiro atoms. The van der Waals surface area contributed by atoms with Crippen molar-refractivity contribution < 1.29 is 32.9 Å². The van der Waals surface area contributed by atoms with E-state index >= 15 is 0 Å². The Balaban J connectivity index is 3.94. The first-order valence-electron chi connectivity index (χ1n) is 34.7. The van der Waals surface area contributed by atoms with Crippen LogP contribution in [0.5, 0.6) is 0 Å². The van der Waals surface area contributed by atoms with Crippen molar-refractivity contribution in [1.82, 2.24) is 5.32 Å². The molecule has 0 aromatic rings. The molecule has 3 unspecified atom stereocenters. The van der Waals surface area contributed by atoms with E-state index in [9.17, 15) is 19.4 Å². The highest BCUT2D eigenvalue weighted by molar-refractivity contribution is 7.47. The average molecular weight is 1120 g/mol. The van der Waals surface area contributed by atoms with Gasteiger partial charge in [0.05, 0.1) is 39.9 Å². The summed E-state index contributed by atoms with van der Waals surface area (Å²) in [6.07, 6.45) is 78.6. The molecule has 3 atom stereocenters. The normalized spacial score (nSPS) is 13.8. The third-order valence-corrected chi connectivity index (χ3v) is 17.2. The lowest BCUT2D eigenvalue weighted by molar-refractivity contribution is -0.870. The van der Waals surface area contributed by atoms with Gasteiger partial charge in [0.25, 0.3) is 0 Å². The molecule has 0 aromatic carbocycles. The van der Waals surface area contributed by atoms with E-state index in [2.05, 4.69) is 43.5 Å². The lowest BCUT2D eigenvalue weighted by Gasteiger charge is -2.26. The Kier molecular flexibility index (Phi) is 59.8. The van der Waals surface area contributed by atoms with Crippen LogP contribution in [0.2, 0.25) is 0 Å². The van der Waals surface area contributed by atoms with Gasteiger partial charge in [-0.15, -0.1) is 0 Å². The zero-order valence-electron chi connectivity index (χ0n) is 53.2. The molecule has 0 saturated carbocycles. The fourth-order valence-corrected chi connectivity index (χ4v) is 11.5. The van der Waals surface area contributed by atoms with Crippen LogP contribution >= 0.6 is 7.82 Å². The molecule has 78 heavy (non-hydrogen) atoms. The Hall–Kier alpha value is -1.02. The number of hydrogen-bond donors (Lipinski definition) is 3. The summed E-state index contributed by atoms with van der Waals surface area (Å²) in [7, 11) is 1.63. The van der Waals surface area contributed by atoms with Crippen LogP contribution in [-0.2, 0) is 18.4 Å². The molecule has 3 N–H and O–H groups in total. The highest BCUT2D eigenvalue weighted by Gasteiger charge is 2.28. The minimum Gasteiger partial charge on any atom is -0.391 e. The van der Waals surface area contributed by atoms with E-state index in [1.54, 1.807) is 0 Å². The molecule has 0 rings (SSSR count). The van der Waals surface area contributed by atoms with Crippen LogP contribution in [-0.4, -0.2) is 73.4 Å². The van der Waals surface area contributed by atoms with Crippen molar-refractivity contribution in [1.29, 1.82) is 0 Å². The van der Waals surface area contributed by atoms with E-state index in [0.717, 1.165) is 44.9 Å². The van der Waals surface area contributed by atoms with Crippen LogP contribution in [0.15, 0.2) is 24.3 Å². The number of amides is 1. The Bertz CT molecular complexity index is 1320.